The first-order chi connectivity index (χ1) is 9.75. The van der Waals surface area contributed by atoms with Crippen LogP contribution >= 0.6 is 0 Å². The van der Waals surface area contributed by atoms with Crippen LogP contribution in [0.5, 0.6) is 0 Å². The molecular weight excluding hydrogens is 266 g/mol. The molecule has 0 spiro atoms. The molecule has 0 N–H and O–H groups in total. The monoisotopic (exact) mass is 292 g/mol. The van der Waals surface area contributed by atoms with Crippen LogP contribution in [0.25, 0.3) is 0 Å². The van der Waals surface area contributed by atoms with E-state index in [4.69, 9.17) is 0 Å². The van der Waals surface area contributed by atoms with Gasteiger partial charge in [-0.1, -0.05) is 46.8 Å². The average molecular weight is 292 g/mol. The van der Waals surface area contributed by atoms with Crippen LogP contribution in [0, 0.1) is 5.92 Å². The molecular formula is C19H26F2. The van der Waals surface area contributed by atoms with E-state index in [1.54, 1.807) is 0 Å². The first kappa shape index (κ1) is 15.0. The Labute approximate surface area is 126 Å². The Kier molecular flexibility index (Phi) is 3.42. The van der Waals surface area contributed by atoms with Crippen molar-refractivity contribution in [2.75, 3.05) is 0 Å². The maximum absolute atomic E-state index is 14.5. The third-order valence-electron chi connectivity index (χ3n) is 5.70. The summed E-state index contributed by atoms with van der Waals surface area (Å²) in [6.07, 6.45) is 0.734. The van der Waals surface area contributed by atoms with Crippen molar-refractivity contribution in [1.82, 2.24) is 0 Å². The Morgan fingerprint density at radius 1 is 1.00 bits per heavy atom. The molecule has 0 bridgehead atoms. The first-order valence-corrected chi connectivity index (χ1v) is 8.30. The number of rotatable bonds is 2. The van der Waals surface area contributed by atoms with Crippen LogP contribution in [-0.4, -0.2) is 5.92 Å². The molecule has 2 aliphatic carbocycles. The molecule has 116 valence electrons. The lowest BCUT2D eigenvalue weighted by molar-refractivity contribution is -0.0135. The molecule has 1 aromatic rings. The zero-order valence-corrected chi connectivity index (χ0v) is 13.7. The molecule has 0 heterocycles. The predicted octanol–water partition coefficient (Wildman–Crippen LogP) is 6.18. The number of fused-ring (bicyclic) bond motifs is 3. The van der Waals surface area contributed by atoms with Gasteiger partial charge in [0.15, 0.2) is 0 Å². The lowest BCUT2D eigenvalue weighted by Crippen LogP contribution is -2.22. The predicted molar refractivity (Wildman–Crippen MR) is 83.4 cm³/mol. The quantitative estimate of drug-likeness (QED) is 0.610. The summed E-state index contributed by atoms with van der Waals surface area (Å²) in [5.41, 5.74) is 4.70. The summed E-state index contributed by atoms with van der Waals surface area (Å²) >= 11 is 0. The average Bonchev–Trinajstić information content (AvgIpc) is 2.86. The van der Waals surface area contributed by atoms with Gasteiger partial charge < -0.3 is 0 Å². The third kappa shape index (κ3) is 2.05. The normalized spacial score (nSPS) is 30.0. The van der Waals surface area contributed by atoms with Crippen molar-refractivity contribution in [3.05, 3.63) is 34.4 Å². The fraction of sp³-hybridized carbons (Fsp3) is 0.684. The Hall–Kier alpha value is -0.920. The molecule has 2 heteroatoms. The smallest absolute Gasteiger partial charge is 0.206 e. The maximum Gasteiger partial charge on any atom is 0.255 e. The summed E-state index contributed by atoms with van der Waals surface area (Å²) in [4.78, 5) is 0. The Morgan fingerprint density at radius 3 is 2.05 bits per heavy atom. The van der Waals surface area contributed by atoms with Gasteiger partial charge in [0.05, 0.1) is 5.92 Å². The SMILES string of the molecule is CC(C)c1ccc(C(C)C)c2c1C(C)C1CCC(F)(F)C21. The Bertz CT molecular complexity index is 557. The molecule has 0 saturated heterocycles. The highest BCUT2D eigenvalue weighted by molar-refractivity contribution is 5.53. The summed E-state index contributed by atoms with van der Waals surface area (Å²) in [5.74, 6) is -1.96. The van der Waals surface area contributed by atoms with Gasteiger partial charge in [-0.3, -0.25) is 0 Å². The van der Waals surface area contributed by atoms with Crippen LogP contribution in [0.3, 0.4) is 0 Å². The van der Waals surface area contributed by atoms with Gasteiger partial charge in [-0.05, 0) is 52.3 Å². The minimum Gasteiger partial charge on any atom is -0.206 e. The fourth-order valence-corrected chi connectivity index (χ4v) is 4.70. The second-order valence-corrected chi connectivity index (χ2v) is 7.61. The molecule has 1 aromatic carbocycles. The van der Waals surface area contributed by atoms with E-state index in [0.29, 0.717) is 18.3 Å². The molecule has 0 amide bonds. The van der Waals surface area contributed by atoms with E-state index in [9.17, 15) is 8.78 Å². The highest BCUT2D eigenvalue weighted by Gasteiger charge is 2.57. The van der Waals surface area contributed by atoms with E-state index in [2.05, 4.69) is 46.8 Å². The molecule has 21 heavy (non-hydrogen) atoms. The molecule has 0 aliphatic heterocycles. The number of hydrogen-bond acceptors (Lipinski definition) is 0. The van der Waals surface area contributed by atoms with Gasteiger partial charge in [0.1, 0.15) is 0 Å². The molecule has 0 aromatic heterocycles. The van der Waals surface area contributed by atoms with Crippen molar-refractivity contribution in [1.29, 1.82) is 0 Å². The van der Waals surface area contributed by atoms with Crippen molar-refractivity contribution in [3.8, 4) is 0 Å². The van der Waals surface area contributed by atoms with Crippen molar-refractivity contribution >= 4 is 0 Å². The first-order valence-electron chi connectivity index (χ1n) is 8.30. The van der Waals surface area contributed by atoms with Crippen molar-refractivity contribution in [2.24, 2.45) is 5.92 Å². The second kappa shape index (κ2) is 4.79. The molecule has 3 atom stereocenters. The molecule has 2 aliphatic rings. The van der Waals surface area contributed by atoms with Crippen LogP contribution < -0.4 is 0 Å². The molecule has 1 saturated carbocycles. The van der Waals surface area contributed by atoms with Gasteiger partial charge in [-0.25, -0.2) is 8.78 Å². The van der Waals surface area contributed by atoms with E-state index in [-0.39, 0.29) is 18.3 Å². The maximum atomic E-state index is 14.5. The molecule has 0 nitrogen and oxygen atoms in total. The zero-order chi connectivity index (χ0) is 15.5. The van der Waals surface area contributed by atoms with Crippen molar-refractivity contribution < 1.29 is 8.78 Å². The Balaban J connectivity index is 2.27. The van der Waals surface area contributed by atoms with Gasteiger partial charge >= 0.3 is 0 Å². The van der Waals surface area contributed by atoms with E-state index in [1.807, 2.05) is 0 Å². The number of benzene rings is 1. The van der Waals surface area contributed by atoms with Crippen LogP contribution in [0.15, 0.2) is 12.1 Å². The number of hydrogen-bond donors (Lipinski definition) is 0. The van der Waals surface area contributed by atoms with Gasteiger partial charge in [-0.2, -0.15) is 0 Å². The molecule has 1 fully saturated rings. The van der Waals surface area contributed by atoms with Gasteiger partial charge in [0.25, 0.3) is 5.92 Å². The highest BCUT2D eigenvalue weighted by atomic mass is 19.3. The van der Waals surface area contributed by atoms with Crippen LogP contribution in [0.1, 0.15) is 93.4 Å². The lowest BCUT2D eigenvalue weighted by atomic mass is 9.83. The van der Waals surface area contributed by atoms with E-state index in [0.717, 1.165) is 11.1 Å². The molecule has 0 radical (unpaired) electrons. The van der Waals surface area contributed by atoms with Crippen LogP contribution in [0.4, 0.5) is 8.78 Å². The highest BCUT2D eigenvalue weighted by Crippen LogP contribution is 2.63. The lowest BCUT2D eigenvalue weighted by Gasteiger charge is -2.25. The van der Waals surface area contributed by atoms with E-state index < -0.39 is 11.8 Å². The van der Waals surface area contributed by atoms with Crippen molar-refractivity contribution in [3.63, 3.8) is 0 Å². The van der Waals surface area contributed by atoms with Gasteiger partial charge in [0.2, 0.25) is 0 Å². The minimum atomic E-state index is -2.52. The van der Waals surface area contributed by atoms with Gasteiger partial charge in [-0.15, -0.1) is 0 Å². The number of alkyl halides is 2. The molecule has 3 rings (SSSR count). The largest absolute Gasteiger partial charge is 0.255 e. The Morgan fingerprint density at radius 2 is 1.52 bits per heavy atom. The van der Waals surface area contributed by atoms with Crippen LogP contribution in [-0.2, 0) is 0 Å². The van der Waals surface area contributed by atoms with E-state index >= 15 is 0 Å². The topological polar surface area (TPSA) is 0 Å². The summed E-state index contributed by atoms with van der Waals surface area (Å²) < 4.78 is 29.1. The second-order valence-electron chi connectivity index (χ2n) is 7.61. The van der Waals surface area contributed by atoms with Gasteiger partial charge in [0, 0.05) is 6.42 Å². The zero-order valence-electron chi connectivity index (χ0n) is 13.7. The number of halogens is 2. The summed E-state index contributed by atoms with van der Waals surface area (Å²) in [5, 5.41) is 0. The summed E-state index contributed by atoms with van der Waals surface area (Å²) in [6, 6.07) is 4.30. The minimum absolute atomic E-state index is 0.0650. The van der Waals surface area contributed by atoms with E-state index in [1.165, 1.54) is 11.1 Å². The van der Waals surface area contributed by atoms with Crippen LogP contribution in [0.2, 0.25) is 0 Å². The standard InChI is InChI=1S/C19H26F2/c1-10(2)13-6-7-14(11(3)4)17-16(13)12(5)15-8-9-19(20,21)18(15)17/h6-7,10-12,15,18H,8-9H2,1-5H3. The fourth-order valence-electron chi connectivity index (χ4n) is 4.70. The molecule has 3 unspecified atom stereocenters. The van der Waals surface area contributed by atoms with Crippen molar-refractivity contribution in [2.45, 2.75) is 77.1 Å². The summed E-state index contributed by atoms with van der Waals surface area (Å²) in [7, 11) is 0. The third-order valence-corrected chi connectivity index (χ3v) is 5.70. The summed E-state index contributed by atoms with van der Waals surface area (Å²) in [6.45, 7) is 10.7.